The van der Waals surface area contributed by atoms with Gasteiger partial charge >= 0.3 is 0 Å². The van der Waals surface area contributed by atoms with Crippen LogP contribution in [0, 0.1) is 0 Å². The number of fused-ring (bicyclic) bond motifs is 1. The van der Waals surface area contributed by atoms with Crippen molar-refractivity contribution in [2.45, 2.75) is 32.3 Å². The lowest BCUT2D eigenvalue weighted by Gasteiger charge is -2.09. The Morgan fingerprint density at radius 3 is 2.67 bits per heavy atom. The summed E-state index contributed by atoms with van der Waals surface area (Å²) in [7, 11) is 0. The van der Waals surface area contributed by atoms with E-state index in [4.69, 9.17) is 16.3 Å². The second kappa shape index (κ2) is 5.02. The van der Waals surface area contributed by atoms with E-state index in [-0.39, 0.29) is 11.9 Å². The molecule has 0 aliphatic heterocycles. The van der Waals surface area contributed by atoms with Gasteiger partial charge in [-0.15, -0.1) is 11.6 Å². The summed E-state index contributed by atoms with van der Waals surface area (Å²) in [5.41, 5.74) is 1.52. The van der Waals surface area contributed by atoms with Crippen LogP contribution in [0.5, 0.6) is 5.75 Å². The Hall–Kier alpha value is -1.48. The molecule has 0 saturated carbocycles. The Balaban J connectivity index is 2.46. The van der Waals surface area contributed by atoms with Crippen LogP contribution in [0.1, 0.15) is 31.1 Å². The second-order valence-corrected chi connectivity index (χ2v) is 5.21. The predicted molar refractivity (Wildman–Crippen MR) is 73.7 cm³/mol. The number of nitrogens with one attached hydrogen (secondary N) is 1. The van der Waals surface area contributed by atoms with Crippen LogP contribution in [0.2, 0.25) is 0 Å². The minimum Gasteiger partial charge on any atom is -0.491 e. The molecule has 1 N–H and O–H groups in total. The topological polar surface area (TPSA) is 42.1 Å². The fraction of sp³-hybridized carbons (Fsp3) is 0.357. The zero-order valence-corrected chi connectivity index (χ0v) is 11.4. The van der Waals surface area contributed by atoms with E-state index in [2.05, 4.69) is 4.98 Å². The van der Waals surface area contributed by atoms with Crippen LogP contribution in [0.3, 0.4) is 0 Å². The van der Waals surface area contributed by atoms with Crippen LogP contribution >= 0.6 is 11.6 Å². The van der Waals surface area contributed by atoms with Gasteiger partial charge in [-0.2, -0.15) is 0 Å². The minimum absolute atomic E-state index is 0.0791. The zero-order chi connectivity index (χ0) is 13.3. The minimum atomic E-state index is -0.529. The average Bonchev–Trinajstić information content (AvgIpc) is 2.70. The first-order chi connectivity index (χ1) is 8.49. The van der Waals surface area contributed by atoms with Gasteiger partial charge in [-0.05, 0) is 39.0 Å². The number of aromatic nitrogens is 1. The van der Waals surface area contributed by atoms with Gasteiger partial charge in [0.1, 0.15) is 5.75 Å². The summed E-state index contributed by atoms with van der Waals surface area (Å²) >= 11 is 5.85. The molecule has 0 amide bonds. The number of alkyl halides is 1. The quantitative estimate of drug-likeness (QED) is 0.675. The number of rotatable bonds is 4. The number of ether oxygens (including phenoxy) is 1. The van der Waals surface area contributed by atoms with E-state index >= 15 is 0 Å². The molecule has 1 aromatic heterocycles. The second-order valence-electron chi connectivity index (χ2n) is 4.56. The Labute approximate surface area is 111 Å². The van der Waals surface area contributed by atoms with Crippen LogP contribution in [0.4, 0.5) is 0 Å². The van der Waals surface area contributed by atoms with Gasteiger partial charge in [-0.1, -0.05) is 0 Å². The molecule has 1 unspecified atom stereocenters. The number of hydrogen-bond donors (Lipinski definition) is 1. The maximum Gasteiger partial charge on any atom is 0.182 e. The molecule has 1 aromatic carbocycles. The number of halogens is 1. The first-order valence-electron chi connectivity index (χ1n) is 5.95. The van der Waals surface area contributed by atoms with Crippen molar-refractivity contribution in [1.82, 2.24) is 4.98 Å². The summed E-state index contributed by atoms with van der Waals surface area (Å²) < 4.78 is 5.63. The van der Waals surface area contributed by atoms with Crippen LogP contribution < -0.4 is 4.74 Å². The molecule has 0 saturated heterocycles. The van der Waals surface area contributed by atoms with E-state index in [0.717, 1.165) is 16.7 Å². The van der Waals surface area contributed by atoms with Crippen LogP contribution in [-0.4, -0.2) is 22.2 Å². The number of ketones is 1. The SMILES string of the molecule is CC(C)Oc1ccc2[nH]cc(C(=O)C(C)Cl)c2c1. The highest BCUT2D eigenvalue weighted by molar-refractivity contribution is 6.35. The van der Waals surface area contributed by atoms with E-state index in [1.165, 1.54) is 0 Å². The normalized spacial score (nSPS) is 12.9. The molecule has 0 aliphatic rings. The van der Waals surface area contributed by atoms with E-state index in [1.807, 2.05) is 32.0 Å². The van der Waals surface area contributed by atoms with Gasteiger partial charge < -0.3 is 9.72 Å². The fourth-order valence-electron chi connectivity index (χ4n) is 1.86. The molecular weight excluding hydrogens is 250 g/mol. The van der Waals surface area contributed by atoms with Crippen molar-refractivity contribution in [3.05, 3.63) is 30.0 Å². The Morgan fingerprint density at radius 2 is 2.06 bits per heavy atom. The molecule has 0 fully saturated rings. The van der Waals surface area contributed by atoms with Crippen molar-refractivity contribution in [1.29, 1.82) is 0 Å². The number of benzene rings is 1. The van der Waals surface area contributed by atoms with Crippen molar-refractivity contribution in [2.75, 3.05) is 0 Å². The number of hydrogen-bond acceptors (Lipinski definition) is 2. The van der Waals surface area contributed by atoms with Crippen molar-refractivity contribution < 1.29 is 9.53 Å². The van der Waals surface area contributed by atoms with Gasteiger partial charge in [0.15, 0.2) is 5.78 Å². The Bertz CT molecular complexity index is 572. The third-order valence-electron chi connectivity index (χ3n) is 2.65. The van der Waals surface area contributed by atoms with E-state index in [9.17, 15) is 4.79 Å². The van der Waals surface area contributed by atoms with Gasteiger partial charge in [0, 0.05) is 22.7 Å². The van der Waals surface area contributed by atoms with Crippen LogP contribution in [0.15, 0.2) is 24.4 Å². The summed E-state index contributed by atoms with van der Waals surface area (Å²) in [5, 5.41) is 0.323. The molecule has 1 atom stereocenters. The number of aromatic amines is 1. The number of H-pyrrole nitrogens is 1. The smallest absolute Gasteiger partial charge is 0.182 e. The predicted octanol–water partition coefficient (Wildman–Crippen LogP) is 3.77. The number of carbonyl (C=O) groups is 1. The first-order valence-corrected chi connectivity index (χ1v) is 6.38. The van der Waals surface area contributed by atoms with Crippen molar-refractivity contribution in [2.24, 2.45) is 0 Å². The molecule has 18 heavy (non-hydrogen) atoms. The first kappa shape index (κ1) is 13.0. The third-order valence-corrected chi connectivity index (χ3v) is 2.85. The molecule has 1 heterocycles. The lowest BCUT2D eigenvalue weighted by molar-refractivity contribution is 0.0993. The summed E-state index contributed by atoms with van der Waals surface area (Å²) in [6.07, 6.45) is 1.80. The highest BCUT2D eigenvalue weighted by atomic mass is 35.5. The molecule has 3 nitrogen and oxygen atoms in total. The molecule has 4 heteroatoms. The van der Waals surface area contributed by atoms with E-state index in [1.54, 1.807) is 13.1 Å². The standard InChI is InChI=1S/C14H16ClNO2/c1-8(2)18-10-4-5-13-11(6-10)12(7-16-13)14(17)9(3)15/h4-9,16H,1-3H3. The van der Waals surface area contributed by atoms with Crippen molar-refractivity contribution in [3.8, 4) is 5.75 Å². The summed E-state index contributed by atoms with van der Waals surface area (Å²) in [4.78, 5) is 15.0. The van der Waals surface area contributed by atoms with Crippen LogP contribution in [-0.2, 0) is 0 Å². The van der Waals surface area contributed by atoms with Gasteiger partial charge in [0.25, 0.3) is 0 Å². The van der Waals surface area contributed by atoms with Gasteiger partial charge in [-0.3, -0.25) is 4.79 Å². The maximum atomic E-state index is 12.0. The molecule has 0 bridgehead atoms. The van der Waals surface area contributed by atoms with Gasteiger partial charge in [0.2, 0.25) is 0 Å². The van der Waals surface area contributed by atoms with Crippen molar-refractivity contribution >= 4 is 28.3 Å². The molecule has 2 aromatic rings. The maximum absolute atomic E-state index is 12.0. The molecule has 0 radical (unpaired) electrons. The molecular formula is C14H16ClNO2. The number of Topliss-reactive ketones (excluding diaryl/α,β-unsaturated/α-hetero) is 1. The fourth-order valence-corrected chi connectivity index (χ4v) is 1.98. The number of carbonyl (C=O) groups excluding carboxylic acids is 1. The lowest BCUT2D eigenvalue weighted by Crippen LogP contribution is -2.09. The Morgan fingerprint density at radius 1 is 1.33 bits per heavy atom. The van der Waals surface area contributed by atoms with Crippen molar-refractivity contribution in [3.63, 3.8) is 0 Å². The summed E-state index contributed by atoms with van der Waals surface area (Å²) in [6, 6.07) is 5.66. The molecule has 2 rings (SSSR count). The highest BCUT2D eigenvalue weighted by Crippen LogP contribution is 2.25. The largest absolute Gasteiger partial charge is 0.491 e. The van der Waals surface area contributed by atoms with Gasteiger partial charge in [-0.25, -0.2) is 0 Å². The summed E-state index contributed by atoms with van der Waals surface area (Å²) in [6.45, 7) is 5.61. The molecule has 0 spiro atoms. The Kier molecular flexibility index (Phi) is 3.62. The van der Waals surface area contributed by atoms with Crippen LogP contribution in [0.25, 0.3) is 10.9 Å². The monoisotopic (exact) mass is 265 g/mol. The van der Waals surface area contributed by atoms with E-state index < -0.39 is 5.38 Å². The average molecular weight is 266 g/mol. The molecule has 96 valence electrons. The van der Waals surface area contributed by atoms with Gasteiger partial charge in [0.05, 0.1) is 11.5 Å². The third kappa shape index (κ3) is 2.51. The lowest BCUT2D eigenvalue weighted by atomic mass is 10.1. The molecule has 0 aliphatic carbocycles. The highest BCUT2D eigenvalue weighted by Gasteiger charge is 2.17. The van der Waals surface area contributed by atoms with E-state index in [0.29, 0.717) is 5.56 Å². The summed E-state index contributed by atoms with van der Waals surface area (Å²) in [5.74, 6) is 0.679. The zero-order valence-electron chi connectivity index (χ0n) is 10.7.